The molecule has 1 N–H and O–H groups in total. The number of hydrogen-bond acceptors (Lipinski definition) is 3. The minimum Gasteiger partial charge on any atom is -0.349 e. The van der Waals surface area contributed by atoms with Crippen LogP contribution in [0.4, 0.5) is 13.2 Å². The van der Waals surface area contributed by atoms with Crippen molar-refractivity contribution < 1.29 is 13.2 Å². The highest BCUT2D eigenvalue weighted by atomic mass is 19.4. The van der Waals surface area contributed by atoms with Crippen molar-refractivity contribution in [3.05, 3.63) is 47.5 Å². The quantitative estimate of drug-likeness (QED) is 0.684. The third kappa shape index (κ3) is 4.46. The number of aryl methyl sites for hydroxylation is 1. The zero-order valence-electron chi connectivity index (χ0n) is 13.7. The smallest absolute Gasteiger partial charge is 0.349 e. The van der Waals surface area contributed by atoms with Crippen LogP contribution in [-0.4, -0.2) is 39.7 Å². The predicted octanol–water partition coefficient (Wildman–Crippen LogP) is 2.04. The zero-order valence-corrected chi connectivity index (χ0v) is 13.7. The summed E-state index contributed by atoms with van der Waals surface area (Å²) < 4.78 is 39.5. The predicted molar refractivity (Wildman–Crippen MR) is 84.1 cm³/mol. The lowest BCUT2D eigenvalue weighted by molar-refractivity contribution is -0.137. The van der Waals surface area contributed by atoms with Gasteiger partial charge in [0.15, 0.2) is 11.8 Å². The Hall–Kier alpha value is -2.58. The van der Waals surface area contributed by atoms with Gasteiger partial charge in [-0.3, -0.25) is 4.99 Å². The number of aromatic nitrogens is 3. The largest absolute Gasteiger partial charge is 0.416 e. The summed E-state index contributed by atoms with van der Waals surface area (Å²) in [6, 6.07) is 5.10. The van der Waals surface area contributed by atoms with Crippen LogP contribution >= 0.6 is 0 Å². The standard InChI is InChI=1S/C15H19F3N6/c1-19-14(20-8-13-22-21-10-24(13)3)23(2)9-11-4-6-12(7-5-11)15(16,17)18/h4-7,10H,8-9H2,1-3H3,(H,19,20). The molecule has 0 radical (unpaired) electrons. The SMILES string of the molecule is CN=C(NCc1nncn1C)N(C)Cc1ccc(C(F)(F)F)cc1. The highest BCUT2D eigenvalue weighted by molar-refractivity contribution is 5.79. The number of halogens is 3. The van der Waals surface area contributed by atoms with Crippen molar-refractivity contribution in [3.8, 4) is 0 Å². The van der Waals surface area contributed by atoms with Gasteiger partial charge in [0.2, 0.25) is 0 Å². The van der Waals surface area contributed by atoms with Crippen molar-refractivity contribution in [1.29, 1.82) is 0 Å². The second-order valence-corrected chi connectivity index (χ2v) is 5.31. The van der Waals surface area contributed by atoms with Gasteiger partial charge in [0.05, 0.1) is 12.1 Å². The number of alkyl halides is 3. The fourth-order valence-electron chi connectivity index (χ4n) is 2.16. The Kier molecular flexibility index (Phi) is 5.42. The normalized spacial score (nSPS) is 12.3. The molecule has 0 unspecified atom stereocenters. The molecule has 0 fully saturated rings. The van der Waals surface area contributed by atoms with Gasteiger partial charge in [-0.05, 0) is 17.7 Å². The number of nitrogens with zero attached hydrogens (tertiary/aromatic N) is 5. The van der Waals surface area contributed by atoms with Crippen LogP contribution in [0.5, 0.6) is 0 Å². The first-order valence-corrected chi connectivity index (χ1v) is 7.22. The summed E-state index contributed by atoms with van der Waals surface area (Å²) in [4.78, 5) is 5.98. The molecule has 24 heavy (non-hydrogen) atoms. The second kappa shape index (κ2) is 7.33. The number of aliphatic imine (C=N–C) groups is 1. The molecule has 6 nitrogen and oxygen atoms in total. The Morgan fingerprint density at radius 3 is 2.46 bits per heavy atom. The van der Waals surface area contributed by atoms with E-state index in [2.05, 4.69) is 20.5 Å². The first kappa shape index (κ1) is 17.8. The highest BCUT2D eigenvalue weighted by Gasteiger charge is 2.29. The maximum Gasteiger partial charge on any atom is 0.416 e. The third-order valence-electron chi connectivity index (χ3n) is 3.48. The van der Waals surface area contributed by atoms with Crippen molar-refractivity contribution in [1.82, 2.24) is 25.0 Å². The van der Waals surface area contributed by atoms with Crippen molar-refractivity contribution in [2.75, 3.05) is 14.1 Å². The zero-order chi connectivity index (χ0) is 17.7. The molecular formula is C15H19F3N6. The van der Waals surface area contributed by atoms with E-state index in [1.54, 1.807) is 17.9 Å². The Balaban J connectivity index is 1.96. The summed E-state index contributed by atoms with van der Waals surface area (Å²) in [5, 5.41) is 10.9. The molecular weight excluding hydrogens is 321 g/mol. The topological polar surface area (TPSA) is 58.3 Å². The molecule has 0 saturated heterocycles. The molecule has 1 aromatic carbocycles. The van der Waals surface area contributed by atoms with E-state index in [0.29, 0.717) is 19.0 Å². The molecule has 0 bridgehead atoms. The van der Waals surface area contributed by atoms with Crippen LogP contribution in [0.15, 0.2) is 35.6 Å². The van der Waals surface area contributed by atoms with Crippen LogP contribution in [0.2, 0.25) is 0 Å². The second-order valence-electron chi connectivity index (χ2n) is 5.31. The van der Waals surface area contributed by atoms with Crippen LogP contribution in [0.25, 0.3) is 0 Å². The third-order valence-corrected chi connectivity index (χ3v) is 3.48. The average molecular weight is 340 g/mol. The lowest BCUT2D eigenvalue weighted by Gasteiger charge is -2.22. The molecule has 1 aromatic heterocycles. The Morgan fingerprint density at radius 2 is 1.96 bits per heavy atom. The van der Waals surface area contributed by atoms with Gasteiger partial charge in [-0.15, -0.1) is 10.2 Å². The Bertz CT molecular complexity index is 690. The van der Waals surface area contributed by atoms with Crippen LogP contribution in [-0.2, 0) is 26.3 Å². The van der Waals surface area contributed by atoms with E-state index in [1.807, 2.05) is 19.0 Å². The van der Waals surface area contributed by atoms with Gasteiger partial charge in [-0.25, -0.2) is 0 Å². The molecule has 0 atom stereocenters. The lowest BCUT2D eigenvalue weighted by Crippen LogP contribution is -2.38. The number of rotatable bonds is 4. The molecule has 0 aliphatic heterocycles. The van der Waals surface area contributed by atoms with Crippen molar-refractivity contribution in [2.24, 2.45) is 12.0 Å². The maximum atomic E-state index is 12.6. The van der Waals surface area contributed by atoms with Crippen LogP contribution < -0.4 is 5.32 Å². The van der Waals surface area contributed by atoms with Crippen molar-refractivity contribution in [3.63, 3.8) is 0 Å². The molecule has 9 heteroatoms. The molecule has 0 saturated carbocycles. The van der Waals surface area contributed by atoms with E-state index in [-0.39, 0.29) is 0 Å². The van der Waals surface area contributed by atoms with Gasteiger partial charge in [-0.2, -0.15) is 13.2 Å². The molecule has 0 spiro atoms. The van der Waals surface area contributed by atoms with E-state index in [0.717, 1.165) is 23.5 Å². The summed E-state index contributed by atoms with van der Waals surface area (Å²) in [6.45, 7) is 0.872. The average Bonchev–Trinajstić information content (AvgIpc) is 2.93. The molecule has 2 aromatic rings. The number of guanidine groups is 1. The lowest BCUT2D eigenvalue weighted by atomic mass is 10.1. The summed E-state index contributed by atoms with van der Waals surface area (Å²) >= 11 is 0. The number of nitrogens with one attached hydrogen (secondary N) is 1. The summed E-state index contributed by atoms with van der Waals surface area (Å²) in [5.74, 6) is 1.36. The Morgan fingerprint density at radius 1 is 1.29 bits per heavy atom. The van der Waals surface area contributed by atoms with Crippen molar-refractivity contribution in [2.45, 2.75) is 19.3 Å². The highest BCUT2D eigenvalue weighted by Crippen LogP contribution is 2.29. The summed E-state index contributed by atoms with van der Waals surface area (Å²) in [6.07, 6.45) is -2.72. The molecule has 2 rings (SSSR count). The van der Waals surface area contributed by atoms with Gasteiger partial charge in [0, 0.05) is 27.7 Å². The molecule has 130 valence electrons. The first-order chi connectivity index (χ1) is 11.3. The minimum absolute atomic E-state index is 0.427. The van der Waals surface area contributed by atoms with Crippen LogP contribution in [0, 0.1) is 0 Å². The molecule has 0 aliphatic carbocycles. The monoisotopic (exact) mass is 340 g/mol. The van der Waals surface area contributed by atoms with Crippen molar-refractivity contribution >= 4 is 5.96 Å². The Labute approximate surface area is 138 Å². The van der Waals surface area contributed by atoms with Gasteiger partial charge < -0.3 is 14.8 Å². The first-order valence-electron chi connectivity index (χ1n) is 7.22. The van der Waals surface area contributed by atoms with E-state index < -0.39 is 11.7 Å². The number of hydrogen-bond donors (Lipinski definition) is 1. The van der Waals surface area contributed by atoms with E-state index in [9.17, 15) is 13.2 Å². The van der Waals surface area contributed by atoms with E-state index >= 15 is 0 Å². The van der Waals surface area contributed by atoms with Gasteiger partial charge in [0.25, 0.3) is 0 Å². The summed E-state index contributed by atoms with van der Waals surface area (Å²) in [5.41, 5.74) is 0.103. The van der Waals surface area contributed by atoms with Gasteiger partial charge in [-0.1, -0.05) is 12.1 Å². The fourth-order valence-corrected chi connectivity index (χ4v) is 2.16. The van der Waals surface area contributed by atoms with Gasteiger partial charge >= 0.3 is 6.18 Å². The van der Waals surface area contributed by atoms with E-state index in [1.165, 1.54) is 12.1 Å². The van der Waals surface area contributed by atoms with Crippen LogP contribution in [0.3, 0.4) is 0 Å². The van der Waals surface area contributed by atoms with Crippen LogP contribution in [0.1, 0.15) is 17.0 Å². The fraction of sp³-hybridized carbons (Fsp3) is 0.400. The number of benzene rings is 1. The molecule has 1 heterocycles. The minimum atomic E-state index is -4.32. The maximum absolute atomic E-state index is 12.6. The molecule has 0 amide bonds. The van der Waals surface area contributed by atoms with Gasteiger partial charge in [0.1, 0.15) is 6.33 Å². The summed E-state index contributed by atoms with van der Waals surface area (Å²) in [7, 11) is 5.29. The molecule has 0 aliphatic rings. The van der Waals surface area contributed by atoms with E-state index in [4.69, 9.17) is 0 Å².